The van der Waals surface area contributed by atoms with Gasteiger partial charge in [-0.25, -0.2) is 0 Å². The maximum atomic E-state index is 12.3. The number of rotatable bonds is 1. The molecule has 3 aliphatic carbocycles. The zero-order chi connectivity index (χ0) is 15.5. The summed E-state index contributed by atoms with van der Waals surface area (Å²) in [7, 11) is 0. The van der Waals surface area contributed by atoms with Crippen LogP contribution >= 0.6 is 0 Å². The molecule has 2 bridgehead atoms. The van der Waals surface area contributed by atoms with Crippen LogP contribution < -0.4 is 5.73 Å². The van der Waals surface area contributed by atoms with Crippen LogP contribution in [0.3, 0.4) is 0 Å². The van der Waals surface area contributed by atoms with Crippen LogP contribution in [0.5, 0.6) is 0 Å². The van der Waals surface area contributed by atoms with Crippen LogP contribution in [0.15, 0.2) is 48.5 Å². The van der Waals surface area contributed by atoms with Crippen molar-refractivity contribution in [1.82, 2.24) is 0 Å². The van der Waals surface area contributed by atoms with E-state index >= 15 is 0 Å². The first-order valence-electron chi connectivity index (χ1n) is 7.44. The van der Waals surface area contributed by atoms with E-state index in [2.05, 4.69) is 6.07 Å². The zero-order valence-corrected chi connectivity index (χ0v) is 12.3. The second-order valence-corrected chi connectivity index (χ2v) is 6.58. The highest BCUT2D eigenvalue weighted by Crippen LogP contribution is 2.63. The first-order valence-corrected chi connectivity index (χ1v) is 7.44. The minimum atomic E-state index is -0.786. The van der Waals surface area contributed by atoms with E-state index < -0.39 is 10.8 Å². The lowest BCUT2D eigenvalue weighted by Crippen LogP contribution is -2.54. The Labute approximate surface area is 129 Å². The maximum Gasteiger partial charge on any atom is 0.224 e. The Morgan fingerprint density at radius 3 is 2.09 bits per heavy atom. The van der Waals surface area contributed by atoms with E-state index in [4.69, 9.17) is 5.73 Å². The third-order valence-corrected chi connectivity index (χ3v) is 5.49. The summed E-state index contributed by atoms with van der Waals surface area (Å²) in [6.07, 6.45) is 0.449. The fraction of sp³-hybridized carbons (Fsp3) is 0.263. The molecule has 0 saturated heterocycles. The highest BCUT2D eigenvalue weighted by molar-refractivity contribution is 5.86. The van der Waals surface area contributed by atoms with Gasteiger partial charge in [-0.15, -0.1) is 0 Å². The van der Waals surface area contributed by atoms with E-state index in [1.54, 1.807) is 0 Å². The number of carbonyl (C=O) groups excluding carboxylic acids is 1. The highest BCUT2D eigenvalue weighted by Gasteiger charge is 2.60. The molecule has 1 amide bonds. The lowest BCUT2D eigenvalue weighted by atomic mass is 9.47. The third kappa shape index (κ3) is 1.28. The molecule has 0 saturated carbocycles. The summed E-state index contributed by atoms with van der Waals surface area (Å²) in [6.45, 7) is 1.90. The summed E-state index contributed by atoms with van der Waals surface area (Å²) in [5, 5.41) is 10.1. The third-order valence-electron chi connectivity index (χ3n) is 5.49. The Kier molecular flexibility index (Phi) is 2.37. The van der Waals surface area contributed by atoms with E-state index in [1.165, 1.54) is 0 Å². The van der Waals surface area contributed by atoms with Crippen molar-refractivity contribution >= 4 is 5.91 Å². The molecule has 3 aliphatic rings. The number of carbonyl (C=O) groups is 1. The van der Waals surface area contributed by atoms with Crippen molar-refractivity contribution in [2.24, 2.45) is 11.1 Å². The van der Waals surface area contributed by atoms with Crippen LogP contribution in [0.4, 0.5) is 0 Å². The number of amides is 1. The van der Waals surface area contributed by atoms with E-state index in [9.17, 15) is 10.1 Å². The lowest BCUT2D eigenvalue weighted by Gasteiger charge is -2.53. The van der Waals surface area contributed by atoms with Gasteiger partial charge in [-0.2, -0.15) is 5.26 Å². The van der Waals surface area contributed by atoms with Crippen molar-refractivity contribution in [2.45, 2.75) is 24.7 Å². The van der Waals surface area contributed by atoms with Crippen LogP contribution in [0.2, 0.25) is 0 Å². The fourth-order valence-electron chi connectivity index (χ4n) is 4.51. The van der Waals surface area contributed by atoms with Crippen molar-refractivity contribution < 1.29 is 4.79 Å². The largest absolute Gasteiger partial charge is 0.369 e. The molecule has 22 heavy (non-hydrogen) atoms. The van der Waals surface area contributed by atoms with E-state index in [-0.39, 0.29) is 11.8 Å². The molecule has 2 aromatic carbocycles. The van der Waals surface area contributed by atoms with Gasteiger partial charge >= 0.3 is 0 Å². The van der Waals surface area contributed by atoms with Crippen molar-refractivity contribution in [3.05, 3.63) is 70.8 Å². The summed E-state index contributed by atoms with van der Waals surface area (Å²) in [4.78, 5) is 12.3. The molecule has 0 aliphatic heterocycles. The van der Waals surface area contributed by atoms with Gasteiger partial charge in [0.1, 0.15) is 5.41 Å². The molecule has 108 valence electrons. The van der Waals surface area contributed by atoms with Crippen LogP contribution in [0.1, 0.15) is 41.5 Å². The van der Waals surface area contributed by atoms with Crippen molar-refractivity contribution in [2.75, 3.05) is 0 Å². The standard InChI is InChI=1S/C19H16N2O/c1-18(17(21)22)10-19(11-20)14-8-4-2-6-12(14)16(18)13-7-3-5-9-15(13)19/h2-9,16H,10H2,1H3,(H2,21,22). The van der Waals surface area contributed by atoms with Crippen molar-refractivity contribution in [3.63, 3.8) is 0 Å². The molecule has 3 nitrogen and oxygen atoms in total. The Hall–Kier alpha value is -2.60. The van der Waals surface area contributed by atoms with Gasteiger partial charge in [0.2, 0.25) is 5.91 Å². The molecule has 0 aromatic heterocycles. The predicted molar refractivity (Wildman–Crippen MR) is 83.0 cm³/mol. The van der Waals surface area contributed by atoms with Crippen molar-refractivity contribution in [1.29, 1.82) is 5.26 Å². The summed E-state index contributed by atoms with van der Waals surface area (Å²) in [5.41, 5.74) is 8.43. The highest BCUT2D eigenvalue weighted by atomic mass is 16.1. The van der Waals surface area contributed by atoms with Crippen LogP contribution in [-0.2, 0) is 10.2 Å². The average molecular weight is 288 g/mol. The van der Waals surface area contributed by atoms with Gasteiger partial charge in [0.25, 0.3) is 0 Å². The number of hydrogen-bond acceptors (Lipinski definition) is 2. The second kappa shape index (κ2) is 3.98. The topological polar surface area (TPSA) is 66.9 Å². The van der Waals surface area contributed by atoms with Gasteiger partial charge in [0.15, 0.2) is 0 Å². The van der Waals surface area contributed by atoms with Gasteiger partial charge in [-0.05, 0) is 35.6 Å². The van der Waals surface area contributed by atoms with Gasteiger partial charge in [-0.1, -0.05) is 48.5 Å². The fourth-order valence-corrected chi connectivity index (χ4v) is 4.51. The summed E-state index contributed by atoms with van der Waals surface area (Å²) in [5.74, 6) is -0.409. The molecule has 1 unspecified atom stereocenters. The normalized spacial score (nSPS) is 31.0. The Morgan fingerprint density at radius 2 is 1.64 bits per heavy atom. The van der Waals surface area contributed by atoms with E-state index in [0.29, 0.717) is 6.42 Å². The molecule has 0 heterocycles. The molecule has 3 heteroatoms. The molecule has 0 fully saturated rings. The van der Waals surface area contributed by atoms with Gasteiger partial charge in [0, 0.05) is 5.92 Å². The number of nitrogens with two attached hydrogens (primary N) is 1. The van der Waals surface area contributed by atoms with Gasteiger partial charge in [0.05, 0.1) is 11.5 Å². The minimum absolute atomic E-state index is 0.0763. The molecule has 5 rings (SSSR count). The van der Waals surface area contributed by atoms with Crippen LogP contribution in [0, 0.1) is 16.7 Å². The average Bonchev–Trinajstić information content (AvgIpc) is 2.55. The maximum absolute atomic E-state index is 12.3. The monoisotopic (exact) mass is 288 g/mol. The van der Waals surface area contributed by atoms with Gasteiger partial charge < -0.3 is 5.73 Å². The number of nitriles is 1. The summed E-state index contributed by atoms with van der Waals surface area (Å²) >= 11 is 0. The van der Waals surface area contributed by atoms with Crippen molar-refractivity contribution in [3.8, 4) is 6.07 Å². The molecule has 0 radical (unpaired) electrons. The molecule has 2 aromatic rings. The first kappa shape index (κ1) is 13.1. The van der Waals surface area contributed by atoms with Crippen LogP contribution in [-0.4, -0.2) is 5.91 Å². The lowest BCUT2D eigenvalue weighted by molar-refractivity contribution is -0.129. The Bertz CT molecular complexity index is 801. The zero-order valence-electron chi connectivity index (χ0n) is 12.3. The Balaban J connectivity index is 2.16. The van der Waals surface area contributed by atoms with E-state index in [1.807, 2.05) is 55.5 Å². The van der Waals surface area contributed by atoms with Crippen LogP contribution in [0.25, 0.3) is 0 Å². The summed E-state index contributed by atoms with van der Waals surface area (Å²) in [6, 6.07) is 18.5. The molecule has 1 atom stereocenters. The van der Waals surface area contributed by atoms with E-state index in [0.717, 1.165) is 22.3 Å². The summed E-state index contributed by atoms with van der Waals surface area (Å²) < 4.78 is 0. The molecule has 0 spiro atoms. The quantitative estimate of drug-likeness (QED) is 0.876. The number of nitrogens with zero attached hydrogens (tertiary/aromatic N) is 1. The molecule has 2 N–H and O–H groups in total. The van der Waals surface area contributed by atoms with Gasteiger partial charge in [-0.3, -0.25) is 4.79 Å². The number of hydrogen-bond donors (Lipinski definition) is 1. The number of primary amides is 1. The minimum Gasteiger partial charge on any atom is -0.369 e. The first-order chi connectivity index (χ1) is 10.5. The second-order valence-electron chi connectivity index (χ2n) is 6.58. The SMILES string of the molecule is CC1(C(N)=O)CC2(C#N)c3ccccc3C1c1ccccc12. The predicted octanol–water partition coefficient (Wildman–Crippen LogP) is 2.84. The Morgan fingerprint density at radius 1 is 1.14 bits per heavy atom. The smallest absolute Gasteiger partial charge is 0.224 e. The number of benzene rings is 2. The number of fused-ring (bicyclic) bond motifs is 1. The molecular weight excluding hydrogens is 272 g/mol. The molecular formula is C19H16N2O.